The van der Waals surface area contributed by atoms with Crippen LogP contribution in [0, 0.1) is 12.7 Å². The Morgan fingerprint density at radius 1 is 1.06 bits per heavy atom. The van der Waals surface area contributed by atoms with Crippen molar-refractivity contribution in [3.05, 3.63) is 52.5 Å². The number of aromatic nitrogens is 3. The van der Waals surface area contributed by atoms with Crippen molar-refractivity contribution in [2.24, 2.45) is 0 Å². The van der Waals surface area contributed by atoms with Gasteiger partial charge in [0.05, 0.1) is 0 Å². The molecule has 1 aromatic carbocycles. The predicted molar refractivity (Wildman–Crippen MR) is 120 cm³/mol. The van der Waals surface area contributed by atoms with E-state index in [0.717, 1.165) is 43.7 Å². The van der Waals surface area contributed by atoms with E-state index in [4.69, 9.17) is 9.26 Å². The van der Waals surface area contributed by atoms with Crippen LogP contribution in [0.5, 0.6) is 11.8 Å². The van der Waals surface area contributed by atoms with Gasteiger partial charge in [-0.2, -0.15) is 9.97 Å². The highest BCUT2D eigenvalue weighted by Crippen LogP contribution is 2.34. The third-order valence-electron chi connectivity index (χ3n) is 5.70. The number of hydrogen-bond donors (Lipinski definition) is 1. The Bertz CT molecular complexity index is 1180. The van der Waals surface area contributed by atoms with Crippen molar-refractivity contribution in [1.82, 2.24) is 20.0 Å². The molecule has 32 heavy (non-hydrogen) atoms. The SMILES string of the molecule is CC1=Cc2c(ccc(Oc3nc(Nc4cc(C)on4)cc(N4CCN(C)CC4)n3)c2F)C1. The molecule has 3 heterocycles. The van der Waals surface area contributed by atoms with Crippen molar-refractivity contribution in [3.8, 4) is 11.8 Å². The molecule has 1 aliphatic carbocycles. The number of likely N-dealkylation sites (N-methyl/N-ethyl adjacent to an activating group) is 1. The van der Waals surface area contributed by atoms with Crippen LogP contribution in [0.25, 0.3) is 6.08 Å². The number of allylic oxidation sites excluding steroid dienone is 1. The molecular weight excluding hydrogens is 411 g/mol. The van der Waals surface area contributed by atoms with Crippen LogP contribution in [-0.2, 0) is 6.42 Å². The number of ether oxygens (including phenoxy) is 1. The molecule has 0 radical (unpaired) electrons. The number of hydrogen-bond acceptors (Lipinski definition) is 8. The zero-order valence-corrected chi connectivity index (χ0v) is 18.4. The number of aryl methyl sites for hydroxylation is 1. The van der Waals surface area contributed by atoms with E-state index < -0.39 is 5.82 Å². The summed E-state index contributed by atoms with van der Waals surface area (Å²) in [5, 5.41) is 7.09. The first-order valence-electron chi connectivity index (χ1n) is 10.6. The van der Waals surface area contributed by atoms with Crippen LogP contribution in [-0.4, -0.2) is 53.3 Å². The lowest BCUT2D eigenvalue weighted by Crippen LogP contribution is -2.44. The van der Waals surface area contributed by atoms with Gasteiger partial charge in [-0.1, -0.05) is 22.9 Å². The molecule has 1 N–H and O–H groups in total. The van der Waals surface area contributed by atoms with Gasteiger partial charge in [0.25, 0.3) is 0 Å². The molecule has 0 amide bonds. The first-order valence-corrected chi connectivity index (χ1v) is 10.6. The van der Waals surface area contributed by atoms with Crippen molar-refractivity contribution in [2.75, 3.05) is 43.4 Å². The maximum absolute atomic E-state index is 15.1. The molecule has 3 aromatic rings. The zero-order chi connectivity index (χ0) is 22.2. The zero-order valence-electron chi connectivity index (χ0n) is 18.4. The third kappa shape index (κ3) is 4.16. The van der Waals surface area contributed by atoms with Gasteiger partial charge in [-0.05, 0) is 38.9 Å². The summed E-state index contributed by atoms with van der Waals surface area (Å²) in [7, 11) is 2.10. The standard InChI is InChI=1S/C23H25FN6O2/c1-14-10-16-4-5-18(22(24)17(16)11-14)31-23-26-19(25-20-12-15(2)32-28-20)13-21(27-23)30-8-6-29(3)7-9-30/h4-5,11-13H,6-10H2,1-3H3,(H,25,26,27,28). The van der Waals surface area contributed by atoms with Crippen LogP contribution in [0.2, 0.25) is 0 Å². The van der Waals surface area contributed by atoms with Crippen molar-refractivity contribution >= 4 is 23.5 Å². The Labute approximate surface area is 185 Å². The number of piperazine rings is 1. The van der Waals surface area contributed by atoms with Crippen LogP contribution in [0.15, 0.2) is 34.4 Å². The number of anilines is 3. The van der Waals surface area contributed by atoms with E-state index in [9.17, 15) is 0 Å². The summed E-state index contributed by atoms with van der Waals surface area (Å²) in [6, 6.07) is 7.21. The van der Waals surface area contributed by atoms with Gasteiger partial charge in [0.1, 0.15) is 17.4 Å². The quantitative estimate of drug-likeness (QED) is 0.639. The first-order chi connectivity index (χ1) is 15.4. The second-order valence-corrected chi connectivity index (χ2v) is 8.35. The minimum Gasteiger partial charge on any atom is -0.421 e. The lowest BCUT2D eigenvalue weighted by molar-refractivity contribution is 0.311. The topological polar surface area (TPSA) is 79.5 Å². The fourth-order valence-electron chi connectivity index (χ4n) is 3.97. The molecule has 8 nitrogen and oxygen atoms in total. The molecule has 0 unspecified atom stereocenters. The Morgan fingerprint density at radius 3 is 2.62 bits per heavy atom. The molecule has 0 saturated carbocycles. The van der Waals surface area contributed by atoms with Gasteiger partial charge in [-0.15, -0.1) is 0 Å². The number of nitrogens with one attached hydrogen (secondary N) is 1. The maximum Gasteiger partial charge on any atom is 0.326 e. The van der Waals surface area contributed by atoms with Crippen molar-refractivity contribution < 1.29 is 13.7 Å². The number of benzene rings is 1. The summed E-state index contributed by atoms with van der Waals surface area (Å²) < 4.78 is 26.1. The number of fused-ring (bicyclic) bond motifs is 1. The van der Waals surface area contributed by atoms with Gasteiger partial charge in [0.2, 0.25) is 0 Å². The Hall–Kier alpha value is -3.46. The average molecular weight is 436 g/mol. The molecule has 0 bridgehead atoms. The maximum atomic E-state index is 15.1. The van der Waals surface area contributed by atoms with Crippen LogP contribution < -0.4 is 15.0 Å². The molecule has 1 fully saturated rings. The molecule has 2 aliphatic rings. The number of nitrogens with zero attached hydrogens (tertiary/aromatic N) is 5. The first kappa shape index (κ1) is 20.4. The summed E-state index contributed by atoms with van der Waals surface area (Å²) in [5.74, 6) is 2.13. The normalized spacial score (nSPS) is 16.1. The minimum absolute atomic E-state index is 0.0710. The monoisotopic (exact) mass is 436 g/mol. The van der Waals surface area contributed by atoms with Crippen LogP contribution in [0.4, 0.5) is 21.8 Å². The van der Waals surface area contributed by atoms with E-state index in [0.29, 0.717) is 28.8 Å². The van der Waals surface area contributed by atoms with Crippen LogP contribution in [0.1, 0.15) is 23.8 Å². The number of rotatable bonds is 5. The van der Waals surface area contributed by atoms with Gasteiger partial charge in [-0.25, -0.2) is 4.39 Å². The highest BCUT2D eigenvalue weighted by Gasteiger charge is 2.21. The Kier molecular flexibility index (Phi) is 5.26. The van der Waals surface area contributed by atoms with Crippen LogP contribution >= 0.6 is 0 Å². The minimum atomic E-state index is -0.394. The summed E-state index contributed by atoms with van der Waals surface area (Å²) in [4.78, 5) is 13.5. The molecule has 2 aromatic heterocycles. The van der Waals surface area contributed by atoms with Gasteiger partial charge in [0.15, 0.2) is 17.4 Å². The molecule has 166 valence electrons. The van der Waals surface area contributed by atoms with Gasteiger partial charge in [0, 0.05) is 43.9 Å². The van der Waals surface area contributed by atoms with Gasteiger partial charge < -0.3 is 24.4 Å². The van der Waals surface area contributed by atoms with Gasteiger partial charge in [-0.3, -0.25) is 0 Å². The highest BCUT2D eigenvalue weighted by molar-refractivity contribution is 5.66. The Balaban J connectivity index is 1.47. The largest absolute Gasteiger partial charge is 0.421 e. The second kappa shape index (κ2) is 8.23. The van der Waals surface area contributed by atoms with Gasteiger partial charge >= 0.3 is 6.01 Å². The Morgan fingerprint density at radius 2 is 1.88 bits per heavy atom. The van der Waals surface area contributed by atoms with E-state index in [2.05, 4.69) is 37.3 Å². The third-order valence-corrected chi connectivity index (χ3v) is 5.70. The van der Waals surface area contributed by atoms with E-state index >= 15 is 4.39 Å². The van der Waals surface area contributed by atoms with E-state index in [1.54, 1.807) is 12.1 Å². The molecule has 1 saturated heterocycles. The van der Waals surface area contributed by atoms with E-state index in [1.807, 2.05) is 32.1 Å². The second-order valence-electron chi connectivity index (χ2n) is 8.35. The van der Waals surface area contributed by atoms with Crippen molar-refractivity contribution in [1.29, 1.82) is 0 Å². The predicted octanol–water partition coefficient (Wildman–Crippen LogP) is 4.16. The molecule has 9 heteroatoms. The summed E-state index contributed by atoms with van der Waals surface area (Å²) in [5.41, 5.74) is 2.66. The molecule has 5 rings (SSSR count). The fraction of sp³-hybridized carbons (Fsp3) is 0.348. The number of halogens is 1. The van der Waals surface area contributed by atoms with E-state index in [-0.39, 0.29) is 11.8 Å². The summed E-state index contributed by atoms with van der Waals surface area (Å²) in [6.45, 7) is 7.31. The van der Waals surface area contributed by atoms with Crippen LogP contribution in [0.3, 0.4) is 0 Å². The summed E-state index contributed by atoms with van der Waals surface area (Å²) in [6.07, 6.45) is 2.62. The van der Waals surface area contributed by atoms with Crippen molar-refractivity contribution in [3.63, 3.8) is 0 Å². The molecule has 0 spiro atoms. The molecular formula is C23H25FN6O2. The lowest BCUT2D eigenvalue weighted by Gasteiger charge is -2.33. The summed E-state index contributed by atoms with van der Waals surface area (Å²) >= 11 is 0. The highest BCUT2D eigenvalue weighted by atomic mass is 19.1. The molecule has 0 atom stereocenters. The average Bonchev–Trinajstić information content (AvgIpc) is 3.35. The smallest absolute Gasteiger partial charge is 0.326 e. The lowest BCUT2D eigenvalue weighted by atomic mass is 10.1. The van der Waals surface area contributed by atoms with Crippen molar-refractivity contribution in [2.45, 2.75) is 20.3 Å². The molecule has 1 aliphatic heterocycles. The van der Waals surface area contributed by atoms with E-state index in [1.165, 1.54) is 0 Å². The fourth-order valence-corrected chi connectivity index (χ4v) is 3.97.